The van der Waals surface area contributed by atoms with E-state index >= 15 is 0 Å². The zero-order valence-corrected chi connectivity index (χ0v) is 10.7. The molecule has 2 rings (SSSR count). The predicted molar refractivity (Wildman–Crippen MR) is 65.9 cm³/mol. The fourth-order valence-electron chi connectivity index (χ4n) is 1.80. The first-order chi connectivity index (χ1) is 6.48. The second-order valence-corrected chi connectivity index (χ2v) is 10.8. The lowest BCUT2D eigenvalue weighted by Crippen LogP contribution is -2.31. The molecule has 1 aliphatic heterocycles. The quantitative estimate of drug-likeness (QED) is 0.551. The summed E-state index contributed by atoms with van der Waals surface area (Å²) in [7, 11) is -0.990. The molecule has 0 amide bonds. The highest BCUT2D eigenvalue weighted by Gasteiger charge is 2.44. The minimum Gasteiger partial charge on any atom is -0.368 e. The van der Waals surface area contributed by atoms with E-state index in [4.69, 9.17) is 11.6 Å². The summed E-state index contributed by atoms with van der Waals surface area (Å²) < 4.78 is 0. The van der Waals surface area contributed by atoms with E-state index in [0.717, 1.165) is 10.7 Å². The highest BCUT2D eigenvalue weighted by Crippen LogP contribution is 2.34. The first-order valence-corrected chi connectivity index (χ1v) is 8.96. The van der Waals surface area contributed by atoms with Crippen molar-refractivity contribution in [3.05, 3.63) is 29.3 Å². The smallest absolute Gasteiger partial charge is 0.0727 e. The third-order valence-electron chi connectivity index (χ3n) is 2.77. The van der Waals surface area contributed by atoms with Crippen molar-refractivity contribution in [2.75, 3.05) is 11.4 Å². The lowest BCUT2D eigenvalue weighted by molar-refractivity contribution is 1.30. The van der Waals surface area contributed by atoms with E-state index in [0.29, 0.717) is 0 Å². The number of nitrogens with zero attached hydrogens (tertiary/aromatic N) is 1. The van der Waals surface area contributed by atoms with Gasteiger partial charge < -0.3 is 4.90 Å². The van der Waals surface area contributed by atoms with E-state index < -0.39 is 8.07 Å². The average molecular weight is 226 g/mol. The maximum atomic E-state index is 5.85. The van der Waals surface area contributed by atoms with Gasteiger partial charge in [-0.05, 0) is 24.3 Å². The molecule has 0 spiro atoms. The lowest BCUT2D eigenvalue weighted by atomic mass is 10.3. The van der Waals surface area contributed by atoms with Crippen LogP contribution < -0.4 is 4.90 Å². The summed E-state index contributed by atoms with van der Waals surface area (Å²) in [5, 5.41) is 0.820. The molecule has 1 unspecified atom stereocenters. The van der Waals surface area contributed by atoms with Crippen molar-refractivity contribution in [1.82, 2.24) is 0 Å². The largest absolute Gasteiger partial charge is 0.368 e. The van der Waals surface area contributed by atoms with Crippen LogP contribution in [-0.4, -0.2) is 20.3 Å². The summed E-state index contributed by atoms with van der Waals surface area (Å²) in [6.07, 6.45) is 0. The highest BCUT2D eigenvalue weighted by molar-refractivity contribution is 6.79. The molecule has 0 aromatic heterocycles. The number of rotatable bonds is 2. The van der Waals surface area contributed by atoms with Crippen LogP contribution in [0.3, 0.4) is 0 Å². The molecule has 0 N–H and O–H groups in total. The molecule has 0 saturated carbocycles. The van der Waals surface area contributed by atoms with Crippen molar-refractivity contribution in [3.63, 3.8) is 0 Å². The van der Waals surface area contributed by atoms with Crippen molar-refractivity contribution in [3.8, 4) is 0 Å². The maximum Gasteiger partial charge on any atom is 0.0727 e. The fraction of sp³-hybridized carbons (Fsp3) is 0.455. The Morgan fingerprint density at radius 1 is 1.21 bits per heavy atom. The van der Waals surface area contributed by atoms with Crippen LogP contribution in [0.4, 0.5) is 5.69 Å². The standard InChI is InChI=1S/C11H16ClNSi/c1-14(2,3)11-8-13(11)10-6-4-9(12)5-7-10/h4-7,11H,8H2,1-3H3. The molecule has 1 nitrogen and oxygen atoms in total. The van der Waals surface area contributed by atoms with Gasteiger partial charge in [-0.2, -0.15) is 0 Å². The number of hydrogen-bond acceptors (Lipinski definition) is 1. The molecule has 3 heteroatoms. The van der Waals surface area contributed by atoms with Crippen molar-refractivity contribution in [2.45, 2.75) is 25.3 Å². The average Bonchev–Trinajstić information content (AvgIpc) is 2.83. The van der Waals surface area contributed by atoms with Crippen LogP contribution >= 0.6 is 11.6 Å². The van der Waals surface area contributed by atoms with E-state index in [2.05, 4.69) is 36.7 Å². The van der Waals surface area contributed by atoms with Crippen LogP contribution in [0.1, 0.15) is 0 Å². The highest BCUT2D eigenvalue weighted by atomic mass is 35.5. The van der Waals surface area contributed by atoms with Gasteiger partial charge in [0.15, 0.2) is 0 Å². The molecule has 76 valence electrons. The molecule has 0 radical (unpaired) electrons. The SMILES string of the molecule is C[Si](C)(C)C1CN1c1ccc(Cl)cc1. The van der Waals surface area contributed by atoms with Crippen molar-refractivity contribution >= 4 is 25.4 Å². The van der Waals surface area contributed by atoms with Crippen LogP contribution in [0, 0.1) is 0 Å². The molecule has 1 aromatic rings. The van der Waals surface area contributed by atoms with Crippen LogP contribution in [0.2, 0.25) is 24.7 Å². The number of halogens is 1. The molecular formula is C11H16ClNSi. The van der Waals surface area contributed by atoms with Crippen molar-refractivity contribution < 1.29 is 0 Å². The van der Waals surface area contributed by atoms with Gasteiger partial charge in [0, 0.05) is 22.9 Å². The Labute approximate surface area is 91.7 Å². The molecule has 1 atom stereocenters. The normalized spacial score (nSPS) is 21.1. The third-order valence-corrected chi connectivity index (χ3v) is 5.52. The third kappa shape index (κ3) is 1.96. The Morgan fingerprint density at radius 2 is 1.79 bits per heavy atom. The Morgan fingerprint density at radius 3 is 2.21 bits per heavy atom. The molecule has 1 heterocycles. The lowest BCUT2D eigenvalue weighted by Gasteiger charge is -2.16. The van der Waals surface area contributed by atoms with Gasteiger partial charge in [-0.3, -0.25) is 0 Å². The zero-order valence-electron chi connectivity index (χ0n) is 8.92. The summed E-state index contributed by atoms with van der Waals surface area (Å²) in [6.45, 7) is 8.51. The topological polar surface area (TPSA) is 3.01 Å². The van der Waals surface area contributed by atoms with Crippen LogP contribution in [0.15, 0.2) is 24.3 Å². The Balaban J connectivity index is 2.10. The number of anilines is 1. The minimum absolute atomic E-state index is 0.820. The Hall–Kier alpha value is -0.473. The molecule has 1 saturated heterocycles. The molecule has 0 bridgehead atoms. The monoisotopic (exact) mass is 225 g/mol. The Kier molecular flexibility index (Phi) is 2.36. The molecule has 14 heavy (non-hydrogen) atoms. The second-order valence-electron chi connectivity index (χ2n) is 5.01. The predicted octanol–water partition coefficient (Wildman–Crippen LogP) is 3.41. The van der Waals surface area contributed by atoms with Gasteiger partial charge in [-0.25, -0.2) is 0 Å². The van der Waals surface area contributed by atoms with E-state index in [1.54, 1.807) is 0 Å². The van der Waals surface area contributed by atoms with Gasteiger partial charge in [-0.1, -0.05) is 31.2 Å². The van der Waals surface area contributed by atoms with Crippen molar-refractivity contribution in [2.24, 2.45) is 0 Å². The first kappa shape index (κ1) is 10.1. The molecule has 1 aliphatic rings. The second kappa shape index (κ2) is 3.28. The number of hydrogen-bond donors (Lipinski definition) is 0. The summed E-state index contributed by atoms with van der Waals surface area (Å²) in [6, 6.07) is 8.16. The maximum absolute atomic E-state index is 5.85. The summed E-state index contributed by atoms with van der Waals surface area (Å²) in [5.74, 6) is 0. The van der Waals surface area contributed by atoms with E-state index in [-0.39, 0.29) is 0 Å². The molecular weight excluding hydrogens is 210 g/mol. The van der Waals surface area contributed by atoms with Crippen molar-refractivity contribution in [1.29, 1.82) is 0 Å². The van der Waals surface area contributed by atoms with E-state index in [1.165, 1.54) is 12.2 Å². The van der Waals surface area contributed by atoms with Gasteiger partial charge in [-0.15, -0.1) is 0 Å². The van der Waals surface area contributed by atoms with Gasteiger partial charge in [0.2, 0.25) is 0 Å². The summed E-state index contributed by atoms with van der Waals surface area (Å²) >= 11 is 5.85. The number of benzene rings is 1. The van der Waals surface area contributed by atoms with Gasteiger partial charge in [0.05, 0.1) is 8.07 Å². The summed E-state index contributed by atoms with van der Waals surface area (Å²) in [5.41, 5.74) is 2.14. The summed E-state index contributed by atoms with van der Waals surface area (Å²) in [4.78, 5) is 2.47. The van der Waals surface area contributed by atoms with Gasteiger partial charge in [0.25, 0.3) is 0 Å². The minimum atomic E-state index is -0.990. The first-order valence-electron chi connectivity index (χ1n) is 5.01. The molecule has 1 fully saturated rings. The van der Waals surface area contributed by atoms with E-state index in [9.17, 15) is 0 Å². The van der Waals surface area contributed by atoms with Crippen LogP contribution in [-0.2, 0) is 0 Å². The zero-order chi connectivity index (χ0) is 10.3. The fourth-order valence-corrected chi connectivity index (χ4v) is 3.75. The van der Waals surface area contributed by atoms with Gasteiger partial charge in [0.1, 0.15) is 0 Å². The molecule has 0 aliphatic carbocycles. The Bertz CT molecular complexity index is 328. The molecule has 1 aromatic carbocycles. The van der Waals surface area contributed by atoms with E-state index in [1.807, 2.05) is 12.1 Å². The van der Waals surface area contributed by atoms with Crippen LogP contribution in [0.25, 0.3) is 0 Å². The van der Waals surface area contributed by atoms with Crippen LogP contribution in [0.5, 0.6) is 0 Å². The van der Waals surface area contributed by atoms with Gasteiger partial charge >= 0.3 is 0 Å².